The monoisotopic (exact) mass is 591 g/mol. The molecule has 0 bridgehead atoms. The summed E-state index contributed by atoms with van der Waals surface area (Å²) in [7, 11) is -2.63. The molecule has 3 aromatic rings. The van der Waals surface area contributed by atoms with E-state index in [1.54, 1.807) is 24.3 Å². The van der Waals surface area contributed by atoms with Gasteiger partial charge in [0.1, 0.15) is 18.3 Å². The van der Waals surface area contributed by atoms with Crippen LogP contribution in [0, 0.1) is 13.8 Å². The minimum absolute atomic E-state index is 0.0351. The maximum atomic E-state index is 14.2. The van der Waals surface area contributed by atoms with Crippen LogP contribution >= 0.6 is 0 Å². The van der Waals surface area contributed by atoms with E-state index in [1.807, 2.05) is 57.2 Å². The third-order valence-electron chi connectivity index (χ3n) is 7.77. The molecule has 1 saturated carbocycles. The highest BCUT2D eigenvalue weighted by Gasteiger charge is 2.34. The van der Waals surface area contributed by atoms with Crippen LogP contribution in [0.2, 0.25) is 0 Å². The van der Waals surface area contributed by atoms with E-state index in [1.165, 1.54) is 24.1 Å². The molecule has 9 heteroatoms. The van der Waals surface area contributed by atoms with Crippen molar-refractivity contribution >= 4 is 27.5 Å². The standard InChI is InChI=1S/C33H41N3O5S/c1-5-31(33(38)34-27-11-6-7-12-27)35(22-26-10-8-9-25(3)21-26)32(37)23-36(28-15-13-24(2)14-16-28)42(39,40)30-19-17-29(41-4)18-20-30/h8-10,13-21,27,31H,5-7,11-12,22-23H2,1-4H3,(H,34,38). The molecule has 0 heterocycles. The number of aryl methyl sites for hydroxylation is 2. The molecule has 0 aliphatic heterocycles. The van der Waals surface area contributed by atoms with E-state index in [0.717, 1.165) is 46.7 Å². The Balaban J connectivity index is 1.71. The van der Waals surface area contributed by atoms with Crippen LogP contribution in [0.5, 0.6) is 5.75 Å². The number of hydrogen-bond donors (Lipinski definition) is 1. The quantitative estimate of drug-likeness (QED) is 0.305. The first-order valence-electron chi connectivity index (χ1n) is 14.5. The predicted octanol–water partition coefficient (Wildman–Crippen LogP) is 5.37. The average molecular weight is 592 g/mol. The number of sulfonamides is 1. The molecular formula is C33H41N3O5S. The van der Waals surface area contributed by atoms with E-state index in [2.05, 4.69) is 5.32 Å². The van der Waals surface area contributed by atoms with Crippen LogP contribution in [0.4, 0.5) is 5.69 Å². The van der Waals surface area contributed by atoms with Crippen molar-refractivity contribution in [2.24, 2.45) is 0 Å². The minimum Gasteiger partial charge on any atom is -0.497 e. The number of hydrogen-bond acceptors (Lipinski definition) is 5. The van der Waals surface area contributed by atoms with Gasteiger partial charge < -0.3 is 15.0 Å². The molecular weight excluding hydrogens is 550 g/mol. The maximum absolute atomic E-state index is 14.2. The smallest absolute Gasteiger partial charge is 0.264 e. The lowest BCUT2D eigenvalue weighted by molar-refractivity contribution is -0.140. The number of methoxy groups -OCH3 is 1. The Hall–Kier alpha value is -3.85. The van der Waals surface area contributed by atoms with Crippen LogP contribution in [0.1, 0.15) is 55.7 Å². The van der Waals surface area contributed by atoms with Crippen molar-refractivity contribution in [1.82, 2.24) is 10.2 Å². The average Bonchev–Trinajstić information content (AvgIpc) is 3.49. The summed E-state index contributed by atoms with van der Waals surface area (Å²) in [4.78, 5) is 29.3. The van der Waals surface area contributed by atoms with Crippen LogP contribution in [0.15, 0.2) is 77.7 Å². The molecule has 224 valence electrons. The van der Waals surface area contributed by atoms with Crippen LogP contribution in [0.25, 0.3) is 0 Å². The van der Waals surface area contributed by atoms with E-state index in [4.69, 9.17) is 4.74 Å². The van der Waals surface area contributed by atoms with Gasteiger partial charge in [-0.05, 0) is 75.1 Å². The van der Waals surface area contributed by atoms with Crippen LogP contribution in [-0.4, -0.2) is 50.9 Å². The summed E-state index contributed by atoms with van der Waals surface area (Å²) in [5.41, 5.74) is 3.23. The van der Waals surface area contributed by atoms with Crippen LogP contribution < -0.4 is 14.4 Å². The second kappa shape index (κ2) is 13.9. The van der Waals surface area contributed by atoms with E-state index in [9.17, 15) is 18.0 Å². The lowest BCUT2D eigenvalue weighted by atomic mass is 10.1. The first-order chi connectivity index (χ1) is 20.1. The van der Waals surface area contributed by atoms with Gasteiger partial charge in [-0.1, -0.05) is 67.3 Å². The van der Waals surface area contributed by atoms with Crippen molar-refractivity contribution < 1.29 is 22.7 Å². The van der Waals surface area contributed by atoms with Gasteiger partial charge in [-0.15, -0.1) is 0 Å². The number of carbonyl (C=O) groups is 2. The first kappa shape index (κ1) is 31.1. The third-order valence-corrected chi connectivity index (χ3v) is 9.56. The van der Waals surface area contributed by atoms with Gasteiger partial charge in [-0.25, -0.2) is 8.42 Å². The van der Waals surface area contributed by atoms with E-state index in [-0.39, 0.29) is 23.4 Å². The normalized spacial score (nSPS) is 14.3. The first-order valence-corrected chi connectivity index (χ1v) is 15.9. The Morgan fingerprint density at radius 1 is 0.952 bits per heavy atom. The second-order valence-electron chi connectivity index (χ2n) is 10.9. The Labute approximate surface area is 249 Å². The lowest BCUT2D eigenvalue weighted by Gasteiger charge is -2.34. The molecule has 0 radical (unpaired) electrons. The van der Waals surface area contributed by atoms with Crippen molar-refractivity contribution in [3.05, 3.63) is 89.5 Å². The Morgan fingerprint density at radius 3 is 2.21 bits per heavy atom. The molecule has 42 heavy (non-hydrogen) atoms. The summed E-state index contributed by atoms with van der Waals surface area (Å²) >= 11 is 0. The van der Waals surface area contributed by atoms with Gasteiger partial charge in [0.05, 0.1) is 17.7 Å². The largest absolute Gasteiger partial charge is 0.497 e. The Bertz CT molecular complexity index is 1470. The van der Waals surface area contributed by atoms with Crippen LogP contribution in [-0.2, 0) is 26.2 Å². The summed E-state index contributed by atoms with van der Waals surface area (Å²) in [6.45, 7) is 5.48. The van der Waals surface area contributed by atoms with E-state index < -0.39 is 28.5 Å². The zero-order valence-corrected chi connectivity index (χ0v) is 25.7. The van der Waals surface area contributed by atoms with Crippen molar-refractivity contribution in [3.8, 4) is 5.75 Å². The Kier molecular flexibility index (Phi) is 10.3. The fraction of sp³-hybridized carbons (Fsp3) is 0.394. The molecule has 0 saturated heterocycles. The summed E-state index contributed by atoms with van der Waals surface area (Å²) in [6.07, 6.45) is 4.39. The molecule has 1 N–H and O–H groups in total. The zero-order valence-electron chi connectivity index (χ0n) is 24.9. The highest BCUT2D eigenvalue weighted by Crippen LogP contribution is 2.27. The molecule has 8 nitrogen and oxygen atoms in total. The predicted molar refractivity (Wildman–Crippen MR) is 165 cm³/mol. The van der Waals surface area contributed by atoms with Gasteiger partial charge >= 0.3 is 0 Å². The van der Waals surface area contributed by atoms with Crippen LogP contribution in [0.3, 0.4) is 0 Å². The van der Waals surface area contributed by atoms with E-state index >= 15 is 0 Å². The summed E-state index contributed by atoms with van der Waals surface area (Å²) in [5.74, 6) is -0.136. The van der Waals surface area contributed by atoms with Gasteiger partial charge in [0.25, 0.3) is 10.0 Å². The topological polar surface area (TPSA) is 96.0 Å². The number of rotatable bonds is 12. The molecule has 2 amide bonds. The summed E-state index contributed by atoms with van der Waals surface area (Å²) in [5, 5.41) is 3.14. The molecule has 0 aromatic heterocycles. The summed E-state index contributed by atoms with van der Waals surface area (Å²) < 4.78 is 34.4. The van der Waals surface area contributed by atoms with Gasteiger partial charge in [0, 0.05) is 12.6 Å². The summed E-state index contributed by atoms with van der Waals surface area (Å²) in [6, 6.07) is 20.2. The van der Waals surface area contributed by atoms with Gasteiger partial charge in [0.15, 0.2) is 0 Å². The zero-order chi connectivity index (χ0) is 30.3. The molecule has 1 atom stereocenters. The fourth-order valence-corrected chi connectivity index (χ4v) is 6.82. The second-order valence-corrected chi connectivity index (χ2v) is 12.8. The Morgan fingerprint density at radius 2 is 1.62 bits per heavy atom. The SMILES string of the molecule is CCC(C(=O)NC1CCCC1)N(Cc1cccc(C)c1)C(=O)CN(c1ccc(C)cc1)S(=O)(=O)c1ccc(OC)cc1. The number of carbonyl (C=O) groups excluding carboxylic acids is 2. The fourth-order valence-electron chi connectivity index (χ4n) is 5.41. The van der Waals surface area contributed by atoms with Crippen molar-refractivity contribution in [1.29, 1.82) is 0 Å². The van der Waals surface area contributed by atoms with Crippen molar-refractivity contribution in [2.75, 3.05) is 18.0 Å². The number of nitrogens with zero attached hydrogens (tertiary/aromatic N) is 2. The number of nitrogens with one attached hydrogen (secondary N) is 1. The molecule has 1 unspecified atom stereocenters. The molecule has 1 fully saturated rings. The van der Waals surface area contributed by atoms with Gasteiger partial charge in [0.2, 0.25) is 11.8 Å². The minimum atomic E-state index is -4.14. The lowest BCUT2D eigenvalue weighted by Crippen LogP contribution is -2.53. The van der Waals surface area contributed by atoms with Gasteiger partial charge in [-0.2, -0.15) is 0 Å². The molecule has 4 rings (SSSR count). The van der Waals surface area contributed by atoms with E-state index in [0.29, 0.717) is 17.9 Å². The number of ether oxygens (including phenoxy) is 1. The number of amides is 2. The molecule has 1 aliphatic carbocycles. The molecule has 0 spiro atoms. The highest BCUT2D eigenvalue weighted by atomic mass is 32.2. The third kappa shape index (κ3) is 7.50. The van der Waals surface area contributed by atoms with Gasteiger partial charge in [-0.3, -0.25) is 13.9 Å². The number of benzene rings is 3. The number of anilines is 1. The van der Waals surface area contributed by atoms with Crippen molar-refractivity contribution in [2.45, 2.75) is 76.4 Å². The maximum Gasteiger partial charge on any atom is 0.264 e. The van der Waals surface area contributed by atoms with Crippen molar-refractivity contribution in [3.63, 3.8) is 0 Å². The molecule has 1 aliphatic rings. The molecule has 3 aromatic carbocycles. The highest BCUT2D eigenvalue weighted by molar-refractivity contribution is 7.92.